The van der Waals surface area contributed by atoms with Gasteiger partial charge in [-0.25, -0.2) is 9.18 Å². The number of hydrogen-bond acceptors (Lipinski definition) is 6. The molecule has 1 aromatic heterocycles. The Hall–Kier alpha value is -3.76. The summed E-state index contributed by atoms with van der Waals surface area (Å²) >= 11 is 6.07. The molecule has 9 nitrogen and oxygen atoms in total. The molecular formula is C29H32ClFN6O3. The van der Waals surface area contributed by atoms with Crippen molar-refractivity contribution in [2.24, 2.45) is 0 Å². The van der Waals surface area contributed by atoms with Gasteiger partial charge in [0.25, 0.3) is 0 Å². The number of hydrogen-bond donors (Lipinski definition) is 1. The summed E-state index contributed by atoms with van der Waals surface area (Å²) in [5, 5.41) is 12.1. The van der Waals surface area contributed by atoms with Crippen LogP contribution in [0.4, 0.5) is 20.7 Å². The molecule has 5 rings (SSSR count). The number of anilines is 2. The highest BCUT2D eigenvalue weighted by Crippen LogP contribution is 2.21. The maximum absolute atomic E-state index is 13.4. The lowest BCUT2D eigenvalue weighted by atomic mass is 10.1. The third kappa shape index (κ3) is 7.25. The van der Waals surface area contributed by atoms with E-state index in [0.717, 1.165) is 37.2 Å². The molecule has 1 N–H and O–H groups in total. The molecule has 40 heavy (non-hydrogen) atoms. The van der Waals surface area contributed by atoms with Crippen LogP contribution < -0.4 is 10.2 Å². The molecule has 210 valence electrons. The van der Waals surface area contributed by atoms with Crippen molar-refractivity contribution < 1.29 is 18.7 Å². The summed E-state index contributed by atoms with van der Waals surface area (Å²) in [7, 11) is 0. The molecule has 0 bridgehead atoms. The predicted molar refractivity (Wildman–Crippen MR) is 152 cm³/mol. The Kier molecular flexibility index (Phi) is 9.08. The maximum atomic E-state index is 13.4. The Labute approximate surface area is 237 Å². The third-order valence-corrected chi connectivity index (χ3v) is 7.34. The average Bonchev–Trinajstić information content (AvgIpc) is 3.34. The molecule has 0 aliphatic carbocycles. The molecule has 2 saturated heterocycles. The second-order valence-corrected chi connectivity index (χ2v) is 10.4. The van der Waals surface area contributed by atoms with Gasteiger partial charge in [-0.2, -0.15) is 0 Å². The minimum absolute atomic E-state index is 0.0432. The van der Waals surface area contributed by atoms with Crippen LogP contribution in [0.5, 0.6) is 0 Å². The summed E-state index contributed by atoms with van der Waals surface area (Å²) in [5.41, 5.74) is 2.03. The molecule has 0 saturated carbocycles. The number of urea groups is 1. The number of aromatic nitrogens is 2. The lowest BCUT2D eigenvalue weighted by Crippen LogP contribution is -2.47. The zero-order valence-electron chi connectivity index (χ0n) is 22.1. The highest BCUT2D eigenvalue weighted by Gasteiger charge is 2.27. The van der Waals surface area contributed by atoms with Gasteiger partial charge >= 0.3 is 6.03 Å². The van der Waals surface area contributed by atoms with Crippen molar-refractivity contribution >= 4 is 35.0 Å². The number of nitrogens with one attached hydrogen (secondary N) is 1. The first-order valence-electron chi connectivity index (χ1n) is 13.5. The molecule has 2 aliphatic rings. The van der Waals surface area contributed by atoms with Crippen molar-refractivity contribution in [2.45, 2.75) is 25.4 Å². The van der Waals surface area contributed by atoms with Crippen LogP contribution in [0.15, 0.2) is 60.7 Å². The van der Waals surface area contributed by atoms with Gasteiger partial charge in [0.1, 0.15) is 12.4 Å². The third-order valence-electron chi connectivity index (χ3n) is 7.10. The van der Waals surface area contributed by atoms with Gasteiger partial charge in [0.05, 0.1) is 11.8 Å². The summed E-state index contributed by atoms with van der Waals surface area (Å²) in [6, 6.07) is 16.5. The summed E-state index contributed by atoms with van der Waals surface area (Å²) < 4.78 is 19.0. The zero-order valence-corrected chi connectivity index (χ0v) is 22.9. The van der Waals surface area contributed by atoms with Gasteiger partial charge in [-0.15, -0.1) is 10.2 Å². The van der Waals surface area contributed by atoms with E-state index in [2.05, 4.69) is 20.4 Å². The standard InChI is InChI=1S/C29H32ClFN6O3/c30-22-4-1-5-24(18-22)32-29(39)37(19-25-6-2-17-40-25)20-28(38)36-14-3-13-35(15-16-36)27-12-11-26(33-34-27)21-7-9-23(31)10-8-21/h1,4-5,7-12,18,25H,2-3,6,13-17,19-20H2,(H,32,39). The first-order chi connectivity index (χ1) is 19.4. The van der Waals surface area contributed by atoms with E-state index in [9.17, 15) is 14.0 Å². The van der Waals surface area contributed by atoms with Crippen LogP contribution in [-0.4, -0.2) is 83.9 Å². The van der Waals surface area contributed by atoms with E-state index in [1.165, 1.54) is 17.0 Å². The van der Waals surface area contributed by atoms with Crippen LogP contribution in [0, 0.1) is 5.82 Å². The summed E-state index contributed by atoms with van der Waals surface area (Å²) in [6.07, 6.45) is 2.47. The number of carbonyl (C=O) groups is 2. The number of ether oxygens (including phenoxy) is 1. The molecule has 1 unspecified atom stereocenters. The van der Waals surface area contributed by atoms with Crippen LogP contribution in [0.1, 0.15) is 19.3 Å². The van der Waals surface area contributed by atoms with Gasteiger partial charge in [0.15, 0.2) is 5.82 Å². The van der Waals surface area contributed by atoms with Gasteiger partial charge < -0.3 is 24.8 Å². The Morgan fingerprint density at radius 2 is 1.88 bits per heavy atom. The number of amides is 3. The normalized spacial score (nSPS) is 17.4. The molecule has 2 aliphatic heterocycles. The Morgan fingerprint density at radius 1 is 1.02 bits per heavy atom. The highest BCUT2D eigenvalue weighted by atomic mass is 35.5. The van der Waals surface area contributed by atoms with Crippen molar-refractivity contribution in [2.75, 3.05) is 56.1 Å². The van der Waals surface area contributed by atoms with Crippen molar-refractivity contribution in [3.05, 3.63) is 71.5 Å². The van der Waals surface area contributed by atoms with E-state index in [0.29, 0.717) is 49.2 Å². The van der Waals surface area contributed by atoms with Crippen molar-refractivity contribution in [3.8, 4) is 11.3 Å². The van der Waals surface area contributed by atoms with Gasteiger partial charge in [0, 0.05) is 55.6 Å². The quantitative estimate of drug-likeness (QED) is 0.446. The molecule has 0 spiro atoms. The molecule has 3 amide bonds. The predicted octanol–water partition coefficient (Wildman–Crippen LogP) is 4.69. The molecule has 3 heterocycles. The van der Waals surface area contributed by atoms with Crippen LogP contribution in [-0.2, 0) is 9.53 Å². The first-order valence-corrected chi connectivity index (χ1v) is 13.9. The van der Waals surface area contributed by atoms with E-state index >= 15 is 0 Å². The molecular weight excluding hydrogens is 535 g/mol. The Bertz CT molecular complexity index is 1300. The Morgan fingerprint density at radius 3 is 2.60 bits per heavy atom. The van der Waals surface area contributed by atoms with Crippen molar-refractivity contribution in [1.82, 2.24) is 20.0 Å². The van der Waals surface area contributed by atoms with Crippen LogP contribution >= 0.6 is 11.6 Å². The molecule has 2 fully saturated rings. The number of carbonyl (C=O) groups excluding carboxylic acids is 2. The summed E-state index contributed by atoms with van der Waals surface area (Å²) in [4.78, 5) is 32.0. The van der Waals surface area contributed by atoms with E-state index in [1.54, 1.807) is 41.3 Å². The van der Waals surface area contributed by atoms with Crippen molar-refractivity contribution in [3.63, 3.8) is 0 Å². The maximum Gasteiger partial charge on any atom is 0.322 e. The molecule has 11 heteroatoms. The minimum atomic E-state index is -0.362. The monoisotopic (exact) mass is 566 g/mol. The molecule has 2 aromatic carbocycles. The fraction of sp³-hybridized carbons (Fsp3) is 0.379. The van der Waals surface area contributed by atoms with E-state index in [-0.39, 0.29) is 30.4 Å². The SMILES string of the molecule is O=C(CN(CC1CCCO1)C(=O)Nc1cccc(Cl)c1)N1CCCN(c2ccc(-c3ccc(F)cc3)nn2)CC1. The van der Waals surface area contributed by atoms with Crippen LogP contribution in [0.25, 0.3) is 11.3 Å². The molecule has 3 aromatic rings. The van der Waals surface area contributed by atoms with E-state index in [1.807, 2.05) is 12.1 Å². The van der Waals surface area contributed by atoms with Crippen LogP contribution in [0.2, 0.25) is 5.02 Å². The van der Waals surface area contributed by atoms with Crippen LogP contribution in [0.3, 0.4) is 0 Å². The first kappa shape index (κ1) is 27.8. The fourth-order valence-electron chi connectivity index (χ4n) is 4.95. The number of halogens is 2. The average molecular weight is 567 g/mol. The van der Waals surface area contributed by atoms with E-state index < -0.39 is 0 Å². The van der Waals surface area contributed by atoms with Gasteiger partial charge in [-0.05, 0) is 73.9 Å². The van der Waals surface area contributed by atoms with Gasteiger partial charge in [-0.3, -0.25) is 4.79 Å². The number of benzene rings is 2. The smallest absolute Gasteiger partial charge is 0.322 e. The number of rotatable bonds is 7. The van der Waals surface area contributed by atoms with Crippen molar-refractivity contribution in [1.29, 1.82) is 0 Å². The minimum Gasteiger partial charge on any atom is -0.376 e. The molecule has 0 radical (unpaired) electrons. The lowest BCUT2D eigenvalue weighted by molar-refractivity contribution is -0.131. The topological polar surface area (TPSA) is 90.9 Å². The van der Waals surface area contributed by atoms with Gasteiger partial charge in [-0.1, -0.05) is 17.7 Å². The highest BCUT2D eigenvalue weighted by molar-refractivity contribution is 6.30. The van der Waals surface area contributed by atoms with Gasteiger partial charge in [0.2, 0.25) is 5.91 Å². The lowest BCUT2D eigenvalue weighted by Gasteiger charge is -2.28. The second kappa shape index (κ2) is 13.1. The largest absolute Gasteiger partial charge is 0.376 e. The number of nitrogens with zero attached hydrogens (tertiary/aromatic N) is 5. The summed E-state index contributed by atoms with van der Waals surface area (Å²) in [6.45, 7) is 3.37. The summed E-state index contributed by atoms with van der Waals surface area (Å²) in [5.74, 6) is 0.314. The van der Waals surface area contributed by atoms with E-state index in [4.69, 9.17) is 16.3 Å². The fourth-order valence-corrected chi connectivity index (χ4v) is 5.14. The Balaban J connectivity index is 1.20. The second-order valence-electron chi connectivity index (χ2n) is 9.96. The molecule has 1 atom stereocenters. The zero-order chi connectivity index (χ0) is 27.9.